The Kier molecular flexibility index (Phi) is 5.20. The van der Waals surface area contributed by atoms with Crippen molar-refractivity contribution in [2.45, 2.75) is 13.3 Å². The second-order valence-electron chi connectivity index (χ2n) is 4.45. The molecule has 0 spiro atoms. The second kappa shape index (κ2) is 6.91. The molecule has 0 radical (unpaired) electrons. The Morgan fingerprint density at radius 2 is 2.29 bits per heavy atom. The van der Waals surface area contributed by atoms with Gasteiger partial charge in [-0.05, 0) is 24.6 Å². The van der Waals surface area contributed by atoms with Crippen molar-refractivity contribution in [3.8, 4) is 5.69 Å². The van der Waals surface area contributed by atoms with Crippen molar-refractivity contribution < 1.29 is 4.79 Å². The highest BCUT2D eigenvalue weighted by Gasteiger charge is 2.17. The molecule has 6 heteroatoms. The van der Waals surface area contributed by atoms with Crippen LogP contribution in [0.3, 0.4) is 0 Å². The highest BCUT2D eigenvalue weighted by atomic mass is 79.9. The number of rotatable bonds is 5. The van der Waals surface area contributed by atoms with E-state index in [-0.39, 0.29) is 5.91 Å². The van der Waals surface area contributed by atoms with E-state index in [9.17, 15) is 4.79 Å². The predicted molar refractivity (Wildman–Crippen MR) is 88.4 cm³/mol. The minimum Gasteiger partial charge on any atom is -0.347 e. The van der Waals surface area contributed by atoms with Crippen molar-refractivity contribution in [3.05, 3.63) is 57.8 Å². The van der Waals surface area contributed by atoms with Crippen LogP contribution >= 0.6 is 27.5 Å². The van der Waals surface area contributed by atoms with Gasteiger partial charge >= 0.3 is 0 Å². The summed E-state index contributed by atoms with van der Waals surface area (Å²) in [5.41, 5.74) is 2.24. The number of aromatic nitrogens is 2. The summed E-state index contributed by atoms with van der Waals surface area (Å²) >= 11 is 9.23. The van der Waals surface area contributed by atoms with Crippen molar-refractivity contribution >= 4 is 33.4 Å². The van der Waals surface area contributed by atoms with Gasteiger partial charge in [-0.15, -0.1) is 0 Å². The molecule has 0 atom stereocenters. The van der Waals surface area contributed by atoms with Gasteiger partial charge in [0.2, 0.25) is 0 Å². The van der Waals surface area contributed by atoms with Gasteiger partial charge in [0.05, 0.1) is 23.1 Å². The molecule has 0 aliphatic rings. The number of hydrogen-bond donors (Lipinski definition) is 1. The van der Waals surface area contributed by atoms with E-state index in [1.807, 2.05) is 25.1 Å². The van der Waals surface area contributed by atoms with E-state index < -0.39 is 0 Å². The van der Waals surface area contributed by atoms with Crippen molar-refractivity contribution in [2.75, 3.05) is 6.54 Å². The van der Waals surface area contributed by atoms with Gasteiger partial charge in [0, 0.05) is 16.0 Å². The minimum atomic E-state index is -0.166. The third kappa shape index (κ3) is 3.74. The number of nitrogens with one attached hydrogen (secondary N) is 1. The Labute approximate surface area is 136 Å². The van der Waals surface area contributed by atoms with Gasteiger partial charge in [-0.1, -0.05) is 47.1 Å². The molecule has 0 saturated carbocycles. The maximum Gasteiger partial charge on any atom is 0.255 e. The van der Waals surface area contributed by atoms with Gasteiger partial charge in [-0.2, -0.15) is 5.10 Å². The van der Waals surface area contributed by atoms with Gasteiger partial charge in [-0.25, -0.2) is 4.68 Å². The maximum atomic E-state index is 12.2. The normalized spacial score (nSPS) is 10.4. The van der Waals surface area contributed by atoms with E-state index in [2.05, 4.69) is 32.9 Å². The van der Waals surface area contributed by atoms with Crippen LogP contribution in [0, 0.1) is 0 Å². The van der Waals surface area contributed by atoms with Gasteiger partial charge < -0.3 is 5.32 Å². The zero-order valence-corrected chi connectivity index (χ0v) is 13.9. The summed E-state index contributed by atoms with van der Waals surface area (Å²) in [7, 11) is 0. The van der Waals surface area contributed by atoms with Crippen molar-refractivity contribution in [1.82, 2.24) is 15.1 Å². The van der Waals surface area contributed by atoms with E-state index in [4.69, 9.17) is 11.6 Å². The lowest BCUT2D eigenvalue weighted by Crippen LogP contribution is -2.25. The van der Waals surface area contributed by atoms with Crippen LogP contribution in [0.25, 0.3) is 5.69 Å². The second-order valence-corrected chi connectivity index (χ2v) is 6.01. The first-order valence-corrected chi connectivity index (χ1v) is 7.64. The van der Waals surface area contributed by atoms with Crippen molar-refractivity contribution in [1.29, 1.82) is 0 Å². The largest absolute Gasteiger partial charge is 0.347 e. The number of carbonyl (C=O) groups is 1. The quantitative estimate of drug-likeness (QED) is 0.874. The maximum absolute atomic E-state index is 12.2. The molecule has 1 aromatic heterocycles. The van der Waals surface area contributed by atoms with E-state index >= 15 is 0 Å². The number of carbonyl (C=O) groups excluding carboxylic acids is 1. The predicted octanol–water partition coefficient (Wildman–Crippen LogP) is 3.73. The molecule has 1 heterocycles. The first-order chi connectivity index (χ1) is 10.0. The van der Waals surface area contributed by atoms with Crippen molar-refractivity contribution in [3.63, 3.8) is 0 Å². The fraction of sp³-hybridized carbons (Fsp3) is 0.200. The Hall–Kier alpha value is -1.59. The molecule has 0 unspecified atom stereocenters. The smallest absolute Gasteiger partial charge is 0.255 e. The lowest BCUT2D eigenvalue weighted by molar-refractivity contribution is 0.0957. The minimum absolute atomic E-state index is 0.166. The zero-order valence-electron chi connectivity index (χ0n) is 11.6. The van der Waals surface area contributed by atoms with Crippen LogP contribution in [0.15, 0.2) is 41.5 Å². The van der Waals surface area contributed by atoms with E-state index in [0.717, 1.165) is 15.9 Å². The van der Waals surface area contributed by atoms with Crippen LogP contribution in [0.1, 0.15) is 23.0 Å². The number of halogens is 2. The SMILES string of the molecule is C=C(Br)CNC(=O)c1cnn(-c2cccc(Cl)c2)c1CC. The molecule has 4 nitrogen and oxygen atoms in total. The summed E-state index contributed by atoms with van der Waals surface area (Å²) in [4.78, 5) is 12.2. The van der Waals surface area contributed by atoms with Crippen molar-refractivity contribution in [2.24, 2.45) is 0 Å². The summed E-state index contributed by atoms with van der Waals surface area (Å²) in [6.07, 6.45) is 2.26. The number of hydrogen-bond acceptors (Lipinski definition) is 2. The summed E-state index contributed by atoms with van der Waals surface area (Å²) in [5, 5.41) is 7.73. The van der Waals surface area contributed by atoms with Crippen LogP contribution in [-0.4, -0.2) is 22.2 Å². The molecule has 2 rings (SSSR count). The average molecular weight is 369 g/mol. The zero-order chi connectivity index (χ0) is 15.4. The molecule has 0 saturated heterocycles. The molecule has 1 N–H and O–H groups in total. The fourth-order valence-electron chi connectivity index (χ4n) is 2.01. The molecule has 0 fully saturated rings. The molecule has 21 heavy (non-hydrogen) atoms. The molecule has 1 aromatic carbocycles. The molecule has 1 amide bonds. The standard InChI is InChI=1S/C15H15BrClN3O/c1-3-14-13(15(21)18-8-10(2)16)9-19-20(14)12-6-4-5-11(17)7-12/h4-7,9H,2-3,8H2,1H3,(H,18,21). The summed E-state index contributed by atoms with van der Waals surface area (Å²) < 4.78 is 2.46. The van der Waals surface area contributed by atoms with Crippen LogP contribution < -0.4 is 5.32 Å². The lowest BCUT2D eigenvalue weighted by Gasteiger charge is -2.08. The average Bonchev–Trinajstić information content (AvgIpc) is 2.88. The van der Waals surface area contributed by atoms with E-state index in [1.54, 1.807) is 16.9 Å². The molecular weight excluding hydrogens is 354 g/mol. The summed E-state index contributed by atoms with van der Waals surface area (Å²) in [6.45, 7) is 6.06. The third-order valence-electron chi connectivity index (χ3n) is 2.94. The lowest BCUT2D eigenvalue weighted by atomic mass is 10.2. The van der Waals surface area contributed by atoms with Gasteiger partial charge in [0.15, 0.2) is 0 Å². The summed E-state index contributed by atoms with van der Waals surface area (Å²) in [5.74, 6) is -0.166. The van der Waals surface area contributed by atoms with Gasteiger partial charge in [-0.3, -0.25) is 4.79 Å². The molecule has 0 bridgehead atoms. The van der Waals surface area contributed by atoms with E-state index in [1.165, 1.54) is 0 Å². The Balaban J connectivity index is 2.34. The molecule has 2 aromatic rings. The monoisotopic (exact) mass is 367 g/mol. The summed E-state index contributed by atoms with van der Waals surface area (Å²) in [6, 6.07) is 7.37. The topological polar surface area (TPSA) is 46.9 Å². The fourth-order valence-corrected chi connectivity index (χ4v) is 2.33. The Bertz CT molecular complexity index is 681. The molecule has 0 aliphatic carbocycles. The number of benzene rings is 1. The highest BCUT2D eigenvalue weighted by molar-refractivity contribution is 9.11. The molecule has 0 aliphatic heterocycles. The van der Waals surface area contributed by atoms with Crippen LogP contribution in [0.5, 0.6) is 0 Å². The van der Waals surface area contributed by atoms with Crippen LogP contribution in [0.2, 0.25) is 5.02 Å². The number of amides is 1. The van der Waals surface area contributed by atoms with Crippen LogP contribution in [-0.2, 0) is 6.42 Å². The molecule has 110 valence electrons. The van der Waals surface area contributed by atoms with Crippen LogP contribution in [0.4, 0.5) is 0 Å². The number of nitrogens with zero attached hydrogens (tertiary/aromatic N) is 2. The Morgan fingerprint density at radius 3 is 2.90 bits per heavy atom. The third-order valence-corrected chi connectivity index (χ3v) is 3.46. The first-order valence-electron chi connectivity index (χ1n) is 6.47. The highest BCUT2D eigenvalue weighted by Crippen LogP contribution is 2.19. The first kappa shape index (κ1) is 15.8. The van der Waals surface area contributed by atoms with E-state index in [0.29, 0.717) is 23.6 Å². The van der Waals surface area contributed by atoms with Gasteiger partial charge in [0.1, 0.15) is 0 Å². The Morgan fingerprint density at radius 1 is 1.52 bits per heavy atom. The van der Waals surface area contributed by atoms with Gasteiger partial charge in [0.25, 0.3) is 5.91 Å². The molecular formula is C15H15BrClN3O.